The molecule has 1 N–H and O–H groups in total. The van der Waals surface area contributed by atoms with Gasteiger partial charge in [-0.3, -0.25) is 9.59 Å². The van der Waals surface area contributed by atoms with Gasteiger partial charge in [-0.2, -0.15) is 0 Å². The molecule has 0 amide bonds. The summed E-state index contributed by atoms with van der Waals surface area (Å²) in [5, 5.41) is 0. The normalized spacial score (nSPS) is 11.3. The zero-order valence-electron chi connectivity index (χ0n) is 12.1. The van der Waals surface area contributed by atoms with Crippen LogP contribution in [-0.2, 0) is 0 Å². The van der Waals surface area contributed by atoms with Crippen LogP contribution >= 0.6 is 0 Å². The zero-order chi connectivity index (χ0) is 14.8. The summed E-state index contributed by atoms with van der Waals surface area (Å²) in [5.74, 6) is 0.148. The molecule has 2 aromatic rings. The molecule has 0 aliphatic carbocycles. The lowest BCUT2D eigenvalue weighted by Gasteiger charge is -2.16. The number of nitrogens with one attached hydrogen (secondary N) is 1. The van der Waals surface area contributed by atoms with E-state index in [2.05, 4.69) is 25.8 Å². The molecule has 2 rings (SSSR count). The van der Waals surface area contributed by atoms with Gasteiger partial charge in [0.05, 0.1) is 0 Å². The Balaban J connectivity index is 2.22. The monoisotopic (exact) mass is 269 g/mol. The summed E-state index contributed by atoms with van der Waals surface area (Å²) in [6.07, 6.45) is 2.15. The molecule has 1 aromatic heterocycles. The minimum absolute atomic E-state index is 0.0114. The van der Waals surface area contributed by atoms with Crippen molar-refractivity contribution in [3.63, 3.8) is 0 Å². The van der Waals surface area contributed by atoms with Crippen molar-refractivity contribution in [2.75, 3.05) is 0 Å². The molecule has 1 heterocycles. The number of hydrogen-bond acceptors (Lipinski definition) is 2. The van der Waals surface area contributed by atoms with Crippen LogP contribution in [0.5, 0.6) is 0 Å². The van der Waals surface area contributed by atoms with Gasteiger partial charge in [0.15, 0.2) is 5.78 Å². The first-order valence-electron chi connectivity index (χ1n) is 6.67. The molecule has 0 aliphatic heterocycles. The van der Waals surface area contributed by atoms with Gasteiger partial charge in [-0.05, 0) is 22.6 Å². The average molecular weight is 269 g/mol. The first kappa shape index (κ1) is 14.3. The molecule has 0 bridgehead atoms. The summed E-state index contributed by atoms with van der Waals surface area (Å²) < 4.78 is 0. The average Bonchev–Trinajstić information content (AvgIpc) is 2.37. The molecule has 0 fully saturated rings. The Bertz CT molecular complexity index is 660. The fraction of sp³-hybridized carbons (Fsp3) is 0.294. The highest BCUT2D eigenvalue weighted by Gasteiger charge is 2.17. The highest BCUT2D eigenvalue weighted by Crippen LogP contribution is 2.23. The molecule has 104 valence electrons. The molecule has 3 heteroatoms. The number of carbonyl (C=O) groups excluding carboxylic acids is 1. The van der Waals surface area contributed by atoms with Gasteiger partial charge in [0, 0.05) is 24.2 Å². The first-order valence-corrected chi connectivity index (χ1v) is 6.67. The third kappa shape index (κ3) is 3.67. The molecule has 0 radical (unpaired) electrons. The van der Waals surface area contributed by atoms with Gasteiger partial charge in [-0.25, -0.2) is 0 Å². The number of pyridine rings is 1. The fourth-order valence-electron chi connectivity index (χ4n) is 2.06. The lowest BCUT2D eigenvalue weighted by atomic mass is 9.87. The molecular formula is C17H19NO2. The number of carbonyl (C=O) groups is 1. The second-order valence-electron chi connectivity index (χ2n) is 6.18. The van der Waals surface area contributed by atoms with E-state index in [-0.39, 0.29) is 16.8 Å². The highest BCUT2D eigenvalue weighted by atomic mass is 16.1. The predicted molar refractivity (Wildman–Crippen MR) is 80.9 cm³/mol. The van der Waals surface area contributed by atoms with Crippen LogP contribution in [-0.4, -0.2) is 10.8 Å². The predicted octanol–water partition coefficient (Wildman–Crippen LogP) is 3.66. The fourth-order valence-corrected chi connectivity index (χ4v) is 2.06. The van der Waals surface area contributed by atoms with Crippen LogP contribution in [0.1, 0.15) is 37.6 Å². The van der Waals surface area contributed by atoms with Crippen molar-refractivity contribution in [1.29, 1.82) is 0 Å². The topological polar surface area (TPSA) is 49.9 Å². The van der Waals surface area contributed by atoms with Crippen molar-refractivity contribution < 1.29 is 4.79 Å². The summed E-state index contributed by atoms with van der Waals surface area (Å²) in [6.45, 7) is 6.15. The van der Waals surface area contributed by atoms with Gasteiger partial charge in [0.2, 0.25) is 5.56 Å². The minimum Gasteiger partial charge on any atom is -0.329 e. The third-order valence-corrected chi connectivity index (χ3v) is 3.01. The van der Waals surface area contributed by atoms with Gasteiger partial charge in [-0.15, -0.1) is 0 Å². The second kappa shape index (κ2) is 5.45. The SMILES string of the molecule is CC(C)(C)CC(=O)c1ccc(-c2cc[nH]c(=O)c2)cc1. The molecule has 0 saturated carbocycles. The van der Waals surface area contributed by atoms with E-state index in [1.807, 2.05) is 30.3 Å². The largest absolute Gasteiger partial charge is 0.329 e. The maximum atomic E-state index is 12.1. The van der Waals surface area contributed by atoms with Crippen LogP contribution < -0.4 is 5.56 Å². The van der Waals surface area contributed by atoms with Crippen LogP contribution in [0.3, 0.4) is 0 Å². The van der Waals surface area contributed by atoms with E-state index in [1.54, 1.807) is 12.3 Å². The number of H-pyrrole nitrogens is 1. The number of benzene rings is 1. The van der Waals surface area contributed by atoms with Crippen molar-refractivity contribution >= 4 is 5.78 Å². The number of ketones is 1. The van der Waals surface area contributed by atoms with Gasteiger partial charge >= 0.3 is 0 Å². The van der Waals surface area contributed by atoms with Crippen LogP contribution in [0.2, 0.25) is 0 Å². The van der Waals surface area contributed by atoms with Gasteiger partial charge in [0.1, 0.15) is 0 Å². The van der Waals surface area contributed by atoms with E-state index in [1.165, 1.54) is 0 Å². The van der Waals surface area contributed by atoms with Crippen LogP contribution in [0.4, 0.5) is 0 Å². The molecular weight excluding hydrogens is 250 g/mol. The van der Waals surface area contributed by atoms with Crippen molar-refractivity contribution in [2.45, 2.75) is 27.2 Å². The molecule has 0 atom stereocenters. The van der Waals surface area contributed by atoms with Gasteiger partial charge < -0.3 is 4.98 Å². The highest BCUT2D eigenvalue weighted by molar-refractivity contribution is 5.96. The molecule has 3 nitrogen and oxygen atoms in total. The quantitative estimate of drug-likeness (QED) is 0.864. The van der Waals surface area contributed by atoms with Gasteiger partial charge in [-0.1, -0.05) is 45.0 Å². The van der Waals surface area contributed by atoms with Crippen molar-refractivity contribution in [1.82, 2.24) is 4.98 Å². The Morgan fingerprint density at radius 3 is 2.25 bits per heavy atom. The molecule has 0 spiro atoms. The van der Waals surface area contributed by atoms with E-state index in [0.29, 0.717) is 12.0 Å². The Hall–Kier alpha value is -2.16. The number of hydrogen-bond donors (Lipinski definition) is 1. The minimum atomic E-state index is -0.129. The Labute approximate surface area is 118 Å². The van der Waals surface area contributed by atoms with Crippen molar-refractivity contribution in [3.8, 4) is 11.1 Å². The number of Topliss-reactive ketones (excluding diaryl/α,β-unsaturated/α-hetero) is 1. The second-order valence-corrected chi connectivity index (χ2v) is 6.18. The number of rotatable bonds is 3. The summed E-state index contributed by atoms with van der Waals surface area (Å²) in [6, 6.07) is 10.8. The zero-order valence-corrected chi connectivity index (χ0v) is 12.1. The van der Waals surface area contributed by atoms with Crippen LogP contribution in [0, 0.1) is 5.41 Å². The van der Waals surface area contributed by atoms with E-state index in [0.717, 1.165) is 11.1 Å². The van der Waals surface area contributed by atoms with Crippen LogP contribution in [0.15, 0.2) is 47.4 Å². The standard InChI is InChI=1S/C17H19NO2/c1-17(2,3)11-15(19)13-6-4-12(5-7-13)14-8-9-18-16(20)10-14/h4-10H,11H2,1-3H3,(H,18,20). The Kier molecular flexibility index (Phi) is 3.89. The van der Waals surface area contributed by atoms with E-state index in [4.69, 9.17) is 0 Å². The summed E-state index contributed by atoms with van der Waals surface area (Å²) in [7, 11) is 0. The number of aromatic nitrogens is 1. The molecule has 1 aromatic carbocycles. The van der Waals surface area contributed by atoms with Crippen molar-refractivity contribution in [2.24, 2.45) is 5.41 Å². The lowest BCUT2D eigenvalue weighted by Crippen LogP contribution is -2.12. The maximum Gasteiger partial charge on any atom is 0.248 e. The summed E-state index contributed by atoms with van der Waals surface area (Å²) in [5.41, 5.74) is 2.36. The lowest BCUT2D eigenvalue weighted by molar-refractivity contribution is 0.0940. The smallest absolute Gasteiger partial charge is 0.248 e. The molecule has 20 heavy (non-hydrogen) atoms. The molecule has 0 unspecified atom stereocenters. The third-order valence-electron chi connectivity index (χ3n) is 3.01. The number of aromatic amines is 1. The Morgan fingerprint density at radius 2 is 1.70 bits per heavy atom. The van der Waals surface area contributed by atoms with Crippen molar-refractivity contribution in [3.05, 3.63) is 58.5 Å². The van der Waals surface area contributed by atoms with Gasteiger partial charge in [0.25, 0.3) is 0 Å². The summed E-state index contributed by atoms with van der Waals surface area (Å²) >= 11 is 0. The Morgan fingerprint density at radius 1 is 1.05 bits per heavy atom. The first-order chi connectivity index (χ1) is 9.35. The maximum absolute atomic E-state index is 12.1. The molecule has 0 saturated heterocycles. The van der Waals surface area contributed by atoms with E-state index >= 15 is 0 Å². The molecule has 0 aliphatic rings. The van der Waals surface area contributed by atoms with E-state index < -0.39 is 0 Å². The van der Waals surface area contributed by atoms with Crippen LogP contribution in [0.25, 0.3) is 11.1 Å². The van der Waals surface area contributed by atoms with E-state index in [9.17, 15) is 9.59 Å². The summed E-state index contributed by atoms with van der Waals surface area (Å²) in [4.78, 5) is 26.0.